The van der Waals surface area contributed by atoms with E-state index in [-0.39, 0.29) is 11.6 Å². The van der Waals surface area contributed by atoms with Gasteiger partial charge in [-0.1, -0.05) is 60.7 Å². The summed E-state index contributed by atoms with van der Waals surface area (Å²) in [7, 11) is 1.72. The molecule has 2 aromatic heterocycles. The fourth-order valence-corrected chi connectivity index (χ4v) is 4.46. The lowest BCUT2D eigenvalue weighted by Gasteiger charge is -2.19. The van der Waals surface area contributed by atoms with Gasteiger partial charge in [-0.25, -0.2) is 4.68 Å². The van der Waals surface area contributed by atoms with Crippen LogP contribution in [0.1, 0.15) is 36.1 Å². The van der Waals surface area contributed by atoms with Gasteiger partial charge in [0.15, 0.2) is 5.65 Å². The molecule has 2 heterocycles. The Morgan fingerprint density at radius 2 is 1.72 bits per heavy atom. The van der Waals surface area contributed by atoms with Crippen LogP contribution in [0.15, 0.2) is 65.5 Å². The number of hydrogen-bond donors (Lipinski definition) is 2. The van der Waals surface area contributed by atoms with Crippen LogP contribution >= 0.6 is 0 Å². The zero-order chi connectivity index (χ0) is 22.1. The first kappa shape index (κ1) is 20.5. The van der Waals surface area contributed by atoms with E-state index in [0.29, 0.717) is 29.9 Å². The monoisotopic (exact) mass is 429 g/mol. The number of nitrogens with zero attached hydrogens (tertiary/aromatic N) is 4. The molecule has 0 amide bonds. The largest absolute Gasteiger partial charge is 0.391 e. The summed E-state index contributed by atoms with van der Waals surface area (Å²) in [4.78, 5) is 18.3. The van der Waals surface area contributed by atoms with Crippen molar-refractivity contribution in [2.45, 2.75) is 44.4 Å². The van der Waals surface area contributed by atoms with Crippen LogP contribution in [0.4, 0.5) is 5.95 Å². The Labute approximate surface area is 186 Å². The maximum atomic E-state index is 13.4. The average molecular weight is 430 g/mol. The number of benzene rings is 2. The third kappa shape index (κ3) is 3.91. The second-order valence-corrected chi connectivity index (χ2v) is 8.50. The smallest absolute Gasteiger partial charge is 0.266 e. The van der Waals surface area contributed by atoms with Gasteiger partial charge in [0.1, 0.15) is 5.39 Å². The minimum atomic E-state index is -0.425. The average Bonchev–Trinajstić information content (AvgIpc) is 3.36. The summed E-state index contributed by atoms with van der Waals surface area (Å²) >= 11 is 0. The van der Waals surface area contributed by atoms with Gasteiger partial charge in [-0.2, -0.15) is 10.1 Å². The summed E-state index contributed by atoms with van der Waals surface area (Å²) in [5.74, 6) is 0.467. The fraction of sp³-hybridized carbons (Fsp3) is 0.320. The summed E-state index contributed by atoms with van der Waals surface area (Å²) in [6.07, 6.45) is 2.72. The highest BCUT2D eigenvalue weighted by atomic mass is 16.3. The Kier molecular flexibility index (Phi) is 5.49. The van der Waals surface area contributed by atoms with E-state index >= 15 is 0 Å². The number of hydrogen-bond acceptors (Lipinski definition) is 5. The molecule has 2 N–H and O–H groups in total. The van der Waals surface area contributed by atoms with Gasteiger partial charge in [0.05, 0.1) is 24.4 Å². The van der Waals surface area contributed by atoms with Crippen molar-refractivity contribution in [3.05, 3.63) is 87.8 Å². The van der Waals surface area contributed by atoms with Gasteiger partial charge < -0.3 is 10.4 Å². The zero-order valence-electron chi connectivity index (χ0n) is 18.1. The van der Waals surface area contributed by atoms with Crippen molar-refractivity contribution in [1.82, 2.24) is 19.3 Å². The van der Waals surface area contributed by atoms with Crippen LogP contribution in [0.3, 0.4) is 0 Å². The van der Waals surface area contributed by atoms with Gasteiger partial charge in [0, 0.05) is 13.5 Å². The Morgan fingerprint density at radius 1 is 1.03 bits per heavy atom. The molecule has 2 aromatic carbocycles. The molecular formula is C25H27N5O2. The second kappa shape index (κ2) is 8.59. The SMILES string of the molecule is Cn1c(N[C@@H]2CCC[C@H]2O)nc2c(c(Cc3ccccc3)nn2Cc2ccccc2)c1=O. The molecule has 0 bridgehead atoms. The van der Waals surface area contributed by atoms with Crippen molar-refractivity contribution in [3.63, 3.8) is 0 Å². The van der Waals surface area contributed by atoms with Crippen molar-refractivity contribution >= 4 is 17.0 Å². The highest BCUT2D eigenvalue weighted by Gasteiger charge is 2.27. The number of aliphatic hydroxyl groups excluding tert-OH is 1. The molecule has 164 valence electrons. The fourth-order valence-electron chi connectivity index (χ4n) is 4.46. The molecule has 1 saturated carbocycles. The molecule has 0 unspecified atom stereocenters. The number of anilines is 1. The van der Waals surface area contributed by atoms with Crippen LogP contribution in [0.2, 0.25) is 0 Å². The zero-order valence-corrected chi connectivity index (χ0v) is 18.1. The lowest BCUT2D eigenvalue weighted by molar-refractivity contribution is 0.171. The van der Waals surface area contributed by atoms with E-state index in [4.69, 9.17) is 10.1 Å². The van der Waals surface area contributed by atoms with E-state index in [1.807, 2.05) is 65.3 Å². The summed E-state index contributed by atoms with van der Waals surface area (Å²) in [5, 5.41) is 18.9. The second-order valence-electron chi connectivity index (χ2n) is 8.50. The predicted octanol–water partition coefficient (Wildman–Crippen LogP) is 3.09. The molecule has 0 radical (unpaired) electrons. The molecule has 1 aliphatic rings. The van der Waals surface area contributed by atoms with E-state index in [1.54, 1.807) is 7.05 Å². The van der Waals surface area contributed by atoms with Crippen molar-refractivity contribution in [2.75, 3.05) is 5.32 Å². The van der Waals surface area contributed by atoms with E-state index < -0.39 is 6.10 Å². The Bertz CT molecular complexity index is 1280. The van der Waals surface area contributed by atoms with E-state index in [2.05, 4.69) is 5.32 Å². The summed E-state index contributed by atoms with van der Waals surface area (Å²) in [6, 6.07) is 20.0. The van der Waals surface area contributed by atoms with Gasteiger partial charge in [-0.15, -0.1) is 0 Å². The molecule has 7 heteroatoms. The Hall–Kier alpha value is -3.45. The van der Waals surface area contributed by atoms with Crippen molar-refractivity contribution in [2.24, 2.45) is 7.05 Å². The first-order valence-electron chi connectivity index (χ1n) is 11.1. The van der Waals surface area contributed by atoms with Crippen LogP contribution in [0.25, 0.3) is 11.0 Å². The number of aromatic nitrogens is 4. The quantitative estimate of drug-likeness (QED) is 0.492. The van der Waals surface area contributed by atoms with Crippen LogP contribution in [0, 0.1) is 0 Å². The van der Waals surface area contributed by atoms with Crippen molar-refractivity contribution in [1.29, 1.82) is 0 Å². The van der Waals surface area contributed by atoms with Crippen LogP contribution in [0.5, 0.6) is 0 Å². The highest BCUT2D eigenvalue weighted by Crippen LogP contribution is 2.24. The van der Waals surface area contributed by atoms with Gasteiger partial charge in [0.25, 0.3) is 5.56 Å². The van der Waals surface area contributed by atoms with E-state index in [1.165, 1.54) is 4.57 Å². The molecule has 32 heavy (non-hydrogen) atoms. The number of aliphatic hydroxyl groups is 1. The lowest BCUT2D eigenvalue weighted by Crippen LogP contribution is -2.32. The topological polar surface area (TPSA) is 85.0 Å². The molecular weight excluding hydrogens is 402 g/mol. The molecule has 0 saturated heterocycles. The van der Waals surface area contributed by atoms with Gasteiger partial charge in [0.2, 0.25) is 5.95 Å². The molecule has 5 rings (SSSR count). The normalized spacial score (nSPS) is 18.3. The highest BCUT2D eigenvalue weighted by molar-refractivity contribution is 5.79. The minimum Gasteiger partial charge on any atom is -0.391 e. The van der Waals surface area contributed by atoms with Crippen molar-refractivity contribution < 1.29 is 5.11 Å². The molecule has 7 nitrogen and oxygen atoms in total. The predicted molar refractivity (Wildman–Crippen MR) is 125 cm³/mol. The van der Waals surface area contributed by atoms with E-state index in [9.17, 15) is 9.90 Å². The maximum absolute atomic E-state index is 13.4. The summed E-state index contributed by atoms with van der Waals surface area (Å²) in [6.45, 7) is 0.526. The van der Waals surface area contributed by atoms with Gasteiger partial charge >= 0.3 is 0 Å². The molecule has 1 aliphatic carbocycles. The molecule has 0 aliphatic heterocycles. The Balaban J connectivity index is 1.62. The maximum Gasteiger partial charge on any atom is 0.266 e. The van der Waals surface area contributed by atoms with Crippen molar-refractivity contribution in [3.8, 4) is 0 Å². The lowest BCUT2D eigenvalue weighted by atomic mass is 10.1. The van der Waals surface area contributed by atoms with Crippen LogP contribution in [-0.2, 0) is 20.0 Å². The summed E-state index contributed by atoms with van der Waals surface area (Å²) < 4.78 is 3.36. The van der Waals surface area contributed by atoms with E-state index in [0.717, 1.165) is 36.1 Å². The summed E-state index contributed by atoms with van der Waals surface area (Å²) in [5.41, 5.74) is 3.35. The third-order valence-corrected chi connectivity index (χ3v) is 6.23. The Morgan fingerprint density at radius 3 is 2.38 bits per heavy atom. The molecule has 0 spiro atoms. The minimum absolute atomic E-state index is 0.0974. The number of nitrogens with one attached hydrogen (secondary N) is 1. The molecule has 1 fully saturated rings. The first-order valence-corrected chi connectivity index (χ1v) is 11.1. The third-order valence-electron chi connectivity index (χ3n) is 6.23. The van der Waals surface area contributed by atoms with Gasteiger partial charge in [-0.05, 0) is 30.4 Å². The first-order chi connectivity index (χ1) is 15.6. The standard InChI is InChI=1S/C25H27N5O2/c1-29-24(32)22-20(15-17-9-4-2-5-10-17)28-30(16-18-11-6-3-7-12-18)23(22)27-25(29)26-19-13-8-14-21(19)31/h2-7,9-12,19,21,31H,8,13-16H2,1H3,(H,26,27)/t19-,21-/m1/s1. The molecule has 4 aromatic rings. The van der Waals surface area contributed by atoms with Crippen LogP contribution in [-0.4, -0.2) is 36.6 Å². The number of rotatable bonds is 6. The van der Waals surface area contributed by atoms with Crippen LogP contribution < -0.4 is 10.9 Å². The number of fused-ring (bicyclic) bond motifs is 1. The molecule has 2 atom stereocenters. The van der Waals surface area contributed by atoms with Gasteiger partial charge in [-0.3, -0.25) is 9.36 Å².